The molecule has 3 nitrogen and oxygen atoms in total. The number of morpholine rings is 1. The van der Waals surface area contributed by atoms with E-state index in [0.717, 1.165) is 12.5 Å². The maximum absolute atomic E-state index is 13.9. The van der Waals surface area contributed by atoms with Crippen LogP contribution >= 0.6 is 0 Å². The molecule has 0 aliphatic carbocycles. The molecular weight excluding hydrogens is 250 g/mol. The quantitative estimate of drug-likeness (QED) is 0.910. The third-order valence-corrected chi connectivity index (χ3v) is 3.63. The van der Waals surface area contributed by atoms with E-state index in [2.05, 4.69) is 4.90 Å². The molecule has 2 N–H and O–H groups in total. The van der Waals surface area contributed by atoms with Crippen LogP contribution in [-0.4, -0.2) is 37.2 Å². The molecule has 1 aromatic carbocycles. The highest BCUT2D eigenvalue weighted by molar-refractivity contribution is 5.23. The minimum atomic E-state index is -0.823. The normalized spacial score (nSPS) is 22.4. The lowest BCUT2D eigenvalue weighted by atomic mass is 10.0. The number of benzene rings is 1. The molecule has 106 valence electrons. The van der Waals surface area contributed by atoms with E-state index >= 15 is 0 Å². The number of hydrogen-bond acceptors (Lipinski definition) is 3. The standard InChI is InChI=1S/C14H20F2N2O/c1-2-10-9-18(6-7-19-10)13(8-17)11-4-3-5-12(15)14(11)16/h3-5,10,13H,2,6-9,17H2,1H3. The van der Waals surface area contributed by atoms with Crippen LogP contribution in [0.5, 0.6) is 0 Å². The van der Waals surface area contributed by atoms with Crippen LogP contribution in [0.4, 0.5) is 8.78 Å². The van der Waals surface area contributed by atoms with Gasteiger partial charge in [-0.2, -0.15) is 0 Å². The Bertz CT molecular complexity index is 428. The van der Waals surface area contributed by atoms with Gasteiger partial charge in [0.25, 0.3) is 0 Å². The number of ether oxygens (including phenoxy) is 1. The molecule has 1 saturated heterocycles. The molecular formula is C14H20F2N2O. The van der Waals surface area contributed by atoms with E-state index < -0.39 is 11.6 Å². The van der Waals surface area contributed by atoms with Crippen molar-refractivity contribution in [2.24, 2.45) is 5.73 Å². The van der Waals surface area contributed by atoms with Gasteiger partial charge in [-0.05, 0) is 12.5 Å². The minimum absolute atomic E-state index is 0.138. The topological polar surface area (TPSA) is 38.5 Å². The summed E-state index contributed by atoms with van der Waals surface area (Å²) in [6, 6.07) is 3.95. The summed E-state index contributed by atoms with van der Waals surface area (Å²) in [6.45, 7) is 4.31. The van der Waals surface area contributed by atoms with Crippen molar-refractivity contribution in [2.75, 3.05) is 26.2 Å². The summed E-state index contributed by atoms with van der Waals surface area (Å²) in [7, 11) is 0. The highest BCUT2D eigenvalue weighted by atomic mass is 19.2. The molecule has 0 bridgehead atoms. The van der Waals surface area contributed by atoms with Gasteiger partial charge in [-0.25, -0.2) is 8.78 Å². The van der Waals surface area contributed by atoms with E-state index in [0.29, 0.717) is 25.3 Å². The van der Waals surface area contributed by atoms with E-state index in [9.17, 15) is 8.78 Å². The average molecular weight is 270 g/mol. The summed E-state index contributed by atoms with van der Waals surface area (Å²) in [5, 5.41) is 0. The Morgan fingerprint density at radius 2 is 2.26 bits per heavy atom. The van der Waals surface area contributed by atoms with Gasteiger partial charge in [-0.15, -0.1) is 0 Å². The number of nitrogens with two attached hydrogens (primary N) is 1. The lowest BCUT2D eigenvalue weighted by Gasteiger charge is -2.38. The van der Waals surface area contributed by atoms with Crippen molar-refractivity contribution in [1.29, 1.82) is 0 Å². The van der Waals surface area contributed by atoms with Gasteiger partial charge in [0.2, 0.25) is 0 Å². The summed E-state index contributed by atoms with van der Waals surface area (Å²) >= 11 is 0. The second-order valence-electron chi connectivity index (χ2n) is 4.79. The molecule has 1 fully saturated rings. The second-order valence-corrected chi connectivity index (χ2v) is 4.79. The summed E-state index contributed by atoms with van der Waals surface area (Å²) in [6.07, 6.45) is 1.04. The van der Waals surface area contributed by atoms with Crippen molar-refractivity contribution in [3.05, 3.63) is 35.4 Å². The molecule has 0 radical (unpaired) electrons. The van der Waals surface area contributed by atoms with Crippen molar-refractivity contribution >= 4 is 0 Å². The Morgan fingerprint density at radius 1 is 1.47 bits per heavy atom. The van der Waals surface area contributed by atoms with Crippen molar-refractivity contribution in [3.8, 4) is 0 Å². The number of halogens is 2. The lowest BCUT2D eigenvalue weighted by Crippen LogP contribution is -2.46. The fraction of sp³-hybridized carbons (Fsp3) is 0.571. The fourth-order valence-corrected chi connectivity index (χ4v) is 2.52. The third kappa shape index (κ3) is 3.11. The van der Waals surface area contributed by atoms with Crippen LogP contribution in [0.15, 0.2) is 18.2 Å². The van der Waals surface area contributed by atoms with E-state index in [1.165, 1.54) is 6.07 Å². The zero-order valence-corrected chi connectivity index (χ0v) is 11.1. The molecule has 1 aromatic rings. The smallest absolute Gasteiger partial charge is 0.163 e. The minimum Gasteiger partial charge on any atom is -0.376 e. The van der Waals surface area contributed by atoms with E-state index in [4.69, 9.17) is 10.5 Å². The van der Waals surface area contributed by atoms with Crippen LogP contribution in [0.3, 0.4) is 0 Å². The van der Waals surface area contributed by atoms with Gasteiger partial charge in [0.15, 0.2) is 11.6 Å². The Balaban J connectivity index is 2.21. The molecule has 19 heavy (non-hydrogen) atoms. The molecule has 0 aromatic heterocycles. The summed E-state index contributed by atoms with van der Waals surface area (Å²) in [4.78, 5) is 2.08. The first-order valence-corrected chi connectivity index (χ1v) is 6.67. The van der Waals surface area contributed by atoms with E-state index in [1.807, 2.05) is 6.92 Å². The largest absolute Gasteiger partial charge is 0.376 e. The number of nitrogens with zero attached hydrogens (tertiary/aromatic N) is 1. The molecule has 1 aliphatic rings. The first kappa shape index (κ1) is 14.4. The molecule has 0 saturated carbocycles. The monoisotopic (exact) mass is 270 g/mol. The molecule has 1 aliphatic heterocycles. The molecule has 0 amide bonds. The van der Waals surface area contributed by atoms with Crippen molar-refractivity contribution in [2.45, 2.75) is 25.5 Å². The first-order chi connectivity index (χ1) is 9.17. The van der Waals surface area contributed by atoms with Crippen molar-refractivity contribution in [3.63, 3.8) is 0 Å². The van der Waals surface area contributed by atoms with Crippen LogP contribution in [0.1, 0.15) is 24.9 Å². The van der Waals surface area contributed by atoms with Crippen molar-refractivity contribution < 1.29 is 13.5 Å². The third-order valence-electron chi connectivity index (χ3n) is 3.63. The Morgan fingerprint density at radius 3 is 2.95 bits per heavy atom. The number of rotatable bonds is 4. The van der Waals surface area contributed by atoms with Crippen LogP contribution < -0.4 is 5.73 Å². The molecule has 5 heteroatoms. The Kier molecular flexibility index (Phi) is 4.85. The van der Waals surface area contributed by atoms with Crippen LogP contribution in [0.25, 0.3) is 0 Å². The summed E-state index contributed by atoms with van der Waals surface area (Å²) in [5.74, 6) is -1.62. The summed E-state index contributed by atoms with van der Waals surface area (Å²) in [5.41, 5.74) is 6.10. The predicted octanol–water partition coefficient (Wildman–Crippen LogP) is 2.08. The number of hydrogen-bond donors (Lipinski definition) is 1. The maximum atomic E-state index is 13.9. The first-order valence-electron chi connectivity index (χ1n) is 6.67. The lowest BCUT2D eigenvalue weighted by molar-refractivity contribution is -0.0442. The second kappa shape index (κ2) is 6.41. The molecule has 2 unspecified atom stereocenters. The maximum Gasteiger partial charge on any atom is 0.163 e. The van der Waals surface area contributed by atoms with E-state index in [1.54, 1.807) is 6.07 Å². The van der Waals surface area contributed by atoms with Crippen LogP contribution in [0.2, 0.25) is 0 Å². The SMILES string of the molecule is CCC1CN(C(CN)c2cccc(F)c2F)CCO1. The van der Waals surface area contributed by atoms with Gasteiger partial charge in [0.1, 0.15) is 0 Å². The zero-order valence-electron chi connectivity index (χ0n) is 11.1. The van der Waals surface area contributed by atoms with Gasteiger partial charge in [-0.1, -0.05) is 19.1 Å². The highest BCUT2D eigenvalue weighted by Gasteiger charge is 2.28. The van der Waals surface area contributed by atoms with Crippen molar-refractivity contribution in [1.82, 2.24) is 4.90 Å². The van der Waals surface area contributed by atoms with E-state index in [-0.39, 0.29) is 18.7 Å². The molecule has 2 atom stereocenters. The molecule has 2 rings (SSSR count). The highest BCUT2D eigenvalue weighted by Crippen LogP contribution is 2.26. The van der Waals surface area contributed by atoms with Crippen LogP contribution in [0, 0.1) is 11.6 Å². The van der Waals surface area contributed by atoms with Gasteiger partial charge in [0.05, 0.1) is 18.8 Å². The van der Waals surface area contributed by atoms with Gasteiger partial charge in [-0.3, -0.25) is 4.90 Å². The fourth-order valence-electron chi connectivity index (χ4n) is 2.52. The van der Waals surface area contributed by atoms with Gasteiger partial charge >= 0.3 is 0 Å². The summed E-state index contributed by atoms with van der Waals surface area (Å²) < 4.78 is 32.8. The van der Waals surface area contributed by atoms with Gasteiger partial charge < -0.3 is 10.5 Å². The Labute approximate surface area is 112 Å². The van der Waals surface area contributed by atoms with Crippen LogP contribution in [-0.2, 0) is 4.74 Å². The Hall–Kier alpha value is -1.04. The van der Waals surface area contributed by atoms with Gasteiger partial charge in [0, 0.05) is 25.2 Å². The molecule has 0 spiro atoms. The predicted molar refractivity (Wildman–Crippen MR) is 69.8 cm³/mol. The molecule has 1 heterocycles. The zero-order chi connectivity index (χ0) is 13.8. The average Bonchev–Trinajstić information content (AvgIpc) is 2.44.